The van der Waals surface area contributed by atoms with E-state index in [-0.39, 0.29) is 5.69 Å². The number of imidazole rings is 1. The summed E-state index contributed by atoms with van der Waals surface area (Å²) in [5.41, 5.74) is -2.10. The van der Waals surface area contributed by atoms with Crippen LogP contribution >= 0.6 is 15.4 Å². The Hall–Kier alpha value is -1.09. The van der Waals surface area contributed by atoms with Gasteiger partial charge in [0.2, 0.25) is 0 Å². The van der Waals surface area contributed by atoms with Gasteiger partial charge in [-0.15, -0.1) is 0 Å². The molecular weight excluding hydrogens is 350 g/mol. The van der Waals surface area contributed by atoms with Crippen molar-refractivity contribution in [1.29, 1.82) is 0 Å². The van der Waals surface area contributed by atoms with Gasteiger partial charge < -0.3 is 28.3 Å². The molecule has 0 bridgehead atoms. The summed E-state index contributed by atoms with van der Waals surface area (Å²) in [7, 11) is -7.69. The Morgan fingerprint density at radius 1 is 1.26 bits per heavy atom. The molecule has 0 spiro atoms. The summed E-state index contributed by atoms with van der Waals surface area (Å²) in [5, 5.41) is 10.5. The molecule has 0 aromatic carbocycles. The Bertz CT molecular complexity index is 779. The molecule has 0 saturated carbocycles. The van der Waals surface area contributed by atoms with E-state index in [1.165, 1.54) is 10.6 Å². The lowest BCUT2D eigenvalue weighted by Crippen LogP contribution is -2.35. The summed E-state index contributed by atoms with van der Waals surface area (Å²) in [6, 6.07) is 5.10. The van der Waals surface area contributed by atoms with E-state index in [4.69, 9.17) is 9.79 Å². The third kappa shape index (κ3) is 3.71. The van der Waals surface area contributed by atoms with E-state index >= 15 is 0 Å². The van der Waals surface area contributed by atoms with Crippen LogP contribution in [0.4, 0.5) is 0 Å². The molecule has 12 heteroatoms. The number of hydrogen-bond donors (Lipinski definition) is 3. The topological polar surface area (TPSA) is 140 Å². The minimum absolute atomic E-state index is 0.283. The Morgan fingerprint density at radius 2 is 1.91 bits per heavy atom. The van der Waals surface area contributed by atoms with E-state index in [1.54, 1.807) is 24.4 Å². The van der Waals surface area contributed by atoms with Crippen molar-refractivity contribution >= 4 is 21.1 Å². The van der Waals surface area contributed by atoms with Gasteiger partial charge in [0.25, 0.3) is 5.53 Å². The smallest absolute Gasteiger partial charge is 0.355 e. The molecular formula is C11H16N2O8P2. The second kappa shape index (κ2) is 6.43. The van der Waals surface area contributed by atoms with Gasteiger partial charge >= 0.3 is 15.4 Å². The van der Waals surface area contributed by atoms with Crippen molar-refractivity contribution in [1.82, 2.24) is 9.38 Å². The second-order valence-electron chi connectivity index (χ2n) is 4.54. The van der Waals surface area contributed by atoms with Crippen molar-refractivity contribution in [3.05, 3.63) is 36.3 Å². The van der Waals surface area contributed by atoms with Gasteiger partial charge in [0.15, 0.2) is 0 Å². The van der Waals surface area contributed by atoms with Crippen LogP contribution in [0.5, 0.6) is 0 Å². The molecule has 2 aromatic rings. The molecule has 2 aromatic heterocycles. The van der Waals surface area contributed by atoms with E-state index in [0.29, 0.717) is 5.65 Å². The molecule has 0 aliphatic heterocycles. The van der Waals surface area contributed by atoms with E-state index in [1.807, 2.05) is 0 Å². The molecule has 3 N–H and O–H groups in total. The largest absolute Gasteiger partial charge is 0.472 e. The molecule has 0 fully saturated rings. The average molecular weight is 366 g/mol. The number of aromatic nitrogens is 2. The van der Waals surface area contributed by atoms with Crippen LogP contribution in [0.15, 0.2) is 30.6 Å². The Kier molecular flexibility index (Phi) is 5.10. The van der Waals surface area contributed by atoms with Gasteiger partial charge in [0.1, 0.15) is 5.65 Å². The first kappa shape index (κ1) is 18.3. The Labute approximate surface area is 131 Å². The quantitative estimate of drug-likeness (QED) is 0.486. The third-order valence-electron chi connectivity index (χ3n) is 3.08. The van der Waals surface area contributed by atoms with Crippen molar-refractivity contribution < 1.29 is 37.6 Å². The number of hydrogen-bond acceptors (Lipinski definition) is 7. The number of rotatable bonds is 7. The molecule has 2 rings (SSSR count). The van der Waals surface area contributed by atoms with Crippen LogP contribution in [0.3, 0.4) is 0 Å². The maximum atomic E-state index is 12.5. The molecule has 23 heavy (non-hydrogen) atoms. The highest BCUT2D eigenvalue weighted by molar-refractivity contribution is 7.56. The molecule has 0 saturated heterocycles. The average Bonchev–Trinajstić information content (AvgIpc) is 2.87. The lowest BCUT2D eigenvalue weighted by Gasteiger charge is -2.32. The van der Waals surface area contributed by atoms with Gasteiger partial charge in [0, 0.05) is 32.3 Å². The lowest BCUT2D eigenvalue weighted by molar-refractivity contribution is -0.0984. The summed E-state index contributed by atoms with van der Waals surface area (Å²) in [5.74, 6) is 0. The molecule has 1 unspecified atom stereocenters. The number of pyridine rings is 1. The minimum atomic E-state index is -5.20. The zero-order valence-corrected chi connectivity index (χ0v) is 14.1. The Morgan fingerprint density at radius 3 is 2.48 bits per heavy atom. The first-order valence-corrected chi connectivity index (χ1v) is 9.33. The zero-order valence-electron chi connectivity index (χ0n) is 12.3. The molecule has 10 nitrogen and oxygen atoms in total. The number of aliphatic hydroxyl groups is 1. The molecule has 0 amide bonds. The number of nitrogens with zero attached hydrogens (tertiary/aromatic N) is 2. The summed E-state index contributed by atoms with van der Waals surface area (Å²) >= 11 is 0. The minimum Gasteiger partial charge on any atom is -0.355 e. The van der Waals surface area contributed by atoms with E-state index in [0.717, 1.165) is 14.2 Å². The van der Waals surface area contributed by atoms with Gasteiger partial charge in [-0.2, -0.15) is 0 Å². The maximum Gasteiger partial charge on any atom is 0.472 e. The van der Waals surface area contributed by atoms with Crippen LogP contribution in [0.2, 0.25) is 0 Å². The third-order valence-corrected chi connectivity index (χ3v) is 5.83. The molecule has 2 heterocycles. The summed E-state index contributed by atoms with van der Waals surface area (Å²) in [6.45, 7) is 0. The Balaban J connectivity index is 2.50. The van der Waals surface area contributed by atoms with Crippen molar-refractivity contribution in [2.24, 2.45) is 0 Å². The highest BCUT2D eigenvalue weighted by Crippen LogP contribution is 2.63. The van der Waals surface area contributed by atoms with E-state index < -0.39 is 27.4 Å². The fourth-order valence-corrected chi connectivity index (χ4v) is 4.32. The van der Waals surface area contributed by atoms with Crippen molar-refractivity contribution in [2.45, 2.75) is 11.9 Å². The number of fused-ring (bicyclic) bond motifs is 1. The highest BCUT2D eigenvalue weighted by Gasteiger charge is 2.54. The highest BCUT2D eigenvalue weighted by atomic mass is 31.2. The second-order valence-corrected chi connectivity index (χ2v) is 8.13. The molecule has 128 valence electrons. The van der Waals surface area contributed by atoms with Crippen molar-refractivity contribution in [2.75, 3.05) is 14.2 Å². The van der Waals surface area contributed by atoms with Crippen LogP contribution < -0.4 is 0 Å². The van der Waals surface area contributed by atoms with Gasteiger partial charge in [-0.1, -0.05) is 6.07 Å². The zero-order chi connectivity index (χ0) is 17.3. The van der Waals surface area contributed by atoms with Crippen molar-refractivity contribution in [3.63, 3.8) is 0 Å². The first-order valence-electron chi connectivity index (χ1n) is 6.25. The van der Waals surface area contributed by atoms with Gasteiger partial charge in [-0.3, -0.25) is 4.57 Å². The maximum absolute atomic E-state index is 12.5. The van der Waals surface area contributed by atoms with E-state index in [2.05, 4.69) is 18.6 Å². The normalized spacial score (nSPS) is 15.7. The van der Waals surface area contributed by atoms with Crippen LogP contribution in [-0.2, 0) is 29.1 Å². The monoisotopic (exact) mass is 366 g/mol. The van der Waals surface area contributed by atoms with E-state index in [9.17, 15) is 14.2 Å². The lowest BCUT2D eigenvalue weighted by atomic mass is 10.3. The fraction of sp³-hybridized carbons (Fsp3) is 0.364. The molecule has 1 atom stereocenters. The van der Waals surface area contributed by atoms with Crippen LogP contribution in [0.1, 0.15) is 5.69 Å². The number of phosphoric acid groups is 1. The predicted molar refractivity (Wildman–Crippen MR) is 78.6 cm³/mol. The molecule has 0 aliphatic rings. The number of phosphoric ester groups is 1. The SMILES string of the molecule is COP(=O)(OC)C(O)(Cc1cnc2ccccn12)OP(=O)(O)O. The first-order chi connectivity index (χ1) is 10.6. The predicted octanol–water partition coefficient (Wildman–Crippen LogP) is 1.12. The standard InChI is InChI=1S/C11H16N2O8P2/c1-19-22(15,20-2)11(14,21-23(16,17)18)7-9-8-12-10-5-3-4-6-13(9)10/h3-6,8,14H,7H2,1-2H3,(H2,16,17,18). The van der Waals surface area contributed by atoms with Gasteiger partial charge in [-0.05, 0) is 12.1 Å². The molecule has 0 aliphatic carbocycles. The van der Waals surface area contributed by atoms with Crippen molar-refractivity contribution in [3.8, 4) is 0 Å². The molecule has 0 radical (unpaired) electrons. The summed E-state index contributed by atoms with van der Waals surface area (Å²) in [6.07, 6.45) is 2.36. The van der Waals surface area contributed by atoms with Crippen LogP contribution in [-0.4, -0.2) is 44.0 Å². The summed E-state index contributed by atoms with van der Waals surface area (Å²) < 4.78 is 38.9. The summed E-state index contributed by atoms with van der Waals surface area (Å²) in [4.78, 5) is 22.1. The van der Waals surface area contributed by atoms with Gasteiger partial charge in [-0.25, -0.2) is 14.1 Å². The van der Waals surface area contributed by atoms with Crippen LogP contribution in [0.25, 0.3) is 5.65 Å². The van der Waals surface area contributed by atoms with Crippen LogP contribution in [0, 0.1) is 0 Å². The van der Waals surface area contributed by atoms with Gasteiger partial charge in [0.05, 0.1) is 6.42 Å². The fourth-order valence-electron chi connectivity index (χ4n) is 2.08.